The predicted molar refractivity (Wildman–Crippen MR) is 95.4 cm³/mol. The van der Waals surface area contributed by atoms with E-state index in [-0.39, 0.29) is 23.2 Å². The van der Waals surface area contributed by atoms with Crippen molar-refractivity contribution >= 4 is 28.9 Å². The van der Waals surface area contributed by atoms with Crippen LogP contribution in [0.15, 0.2) is 24.3 Å². The molecule has 1 N–H and O–H groups in total. The Morgan fingerprint density at radius 2 is 1.96 bits per heavy atom. The SMILES string of the molecule is CC(=O)SCC(C)C(=O)[N@@+]1(C(=O)O)C[C@H](Oc2ccc(F)cc2)C[C@H]1C. The second kappa shape index (κ2) is 8.18. The zero-order chi connectivity index (χ0) is 19.5. The summed E-state index contributed by atoms with van der Waals surface area (Å²) in [6.45, 7) is 4.77. The van der Waals surface area contributed by atoms with Crippen LogP contribution in [-0.2, 0) is 9.59 Å². The highest BCUT2D eigenvalue weighted by Crippen LogP contribution is 2.33. The fourth-order valence-electron chi connectivity index (χ4n) is 3.30. The Bertz CT molecular complexity index is 695. The molecule has 1 aliphatic rings. The van der Waals surface area contributed by atoms with Gasteiger partial charge in [0.2, 0.25) is 0 Å². The summed E-state index contributed by atoms with van der Waals surface area (Å²) in [6, 6.07) is 5.01. The van der Waals surface area contributed by atoms with Gasteiger partial charge >= 0.3 is 12.0 Å². The molecule has 26 heavy (non-hydrogen) atoms. The van der Waals surface area contributed by atoms with Crippen molar-refractivity contribution < 1.29 is 33.1 Å². The molecule has 1 heterocycles. The first kappa shape index (κ1) is 20.4. The number of hydrogen-bond donors (Lipinski definition) is 1. The van der Waals surface area contributed by atoms with Gasteiger partial charge in [0.05, 0.1) is 5.92 Å². The molecule has 1 unspecified atom stereocenters. The number of thioether (sulfide) groups is 1. The minimum atomic E-state index is -1.22. The van der Waals surface area contributed by atoms with Crippen LogP contribution in [-0.4, -0.2) is 51.1 Å². The monoisotopic (exact) mass is 384 g/mol. The maximum atomic E-state index is 13.0. The van der Waals surface area contributed by atoms with E-state index in [1.54, 1.807) is 13.8 Å². The number of nitrogens with zero attached hydrogens (tertiary/aromatic N) is 1. The number of carbonyl (C=O) groups excluding carboxylic acids is 2. The summed E-state index contributed by atoms with van der Waals surface area (Å²) in [5.41, 5.74) is 0. The Kier molecular flexibility index (Phi) is 6.41. The number of imide groups is 1. The lowest BCUT2D eigenvalue weighted by Gasteiger charge is -2.31. The molecule has 0 spiro atoms. The highest BCUT2D eigenvalue weighted by molar-refractivity contribution is 8.13. The molecular formula is C18H23FNO5S+. The van der Waals surface area contributed by atoms with Gasteiger partial charge in [0.15, 0.2) is 11.2 Å². The summed E-state index contributed by atoms with van der Waals surface area (Å²) in [5, 5.41) is 9.71. The van der Waals surface area contributed by atoms with E-state index in [1.165, 1.54) is 31.2 Å². The van der Waals surface area contributed by atoms with Crippen molar-refractivity contribution in [3.8, 4) is 5.75 Å². The Hall–Kier alpha value is -1.93. The minimum Gasteiger partial charge on any atom is -0.484 e. The average Bonchev–Trinajstić information content (AvgIpc) is 2.91. The van der Waals surface area contributed by atoms with Crippen LogP contribution in [0.1, 0.15) is 27.2 Å². The van der Waals surface area contributed by atoms with Gasteiger partial charge in [0, 0.05) is 19.1 Å². The molecule has 2 rings (SSSR count). The highest BCUT2D eigenvalue weighted by Gasteiger charge is 2.58. The largest absolute Gasteiger partial charge is 0.521 e. The van der Waals surface area contributed by atoms with Crippen molar-refractivity contribution in [2.75, 3.05) is 12.3 Å². The predicted octanol–water partition coefficient (Wildman–Crippen LogP) is 3.30. The van der Waals surface area contributed by atoms with Crippen molar-refractivity contribution in [3.63, 3.8) is 0 Å². The molecule has 1 saturated heterocycles. The van der Waals surface area contributed by atoms with Gasteiger partial charge in [0.1, 0.15) is 24.2 Å². The molecule has 1 fully saturated rings. The molecule has 0 radical (unpaired) electrons. The smallest absolute Gasteiger partial charge is 0.484 e. The summed E-state index contributed by atoms with van der Waals surface area (Å²) in [5.74, 6) is -0.713. The van der Waals surface area contributed by atoms with Crippen molar-refractivity contribution in [2.45, 2.75) is 39.3 Å². The van der Waals surface area contributed by atoms with E-state index < -0.39 is 34.5 Å². The lowest BCUT2D eigenvalue weighted by atomic mass is 10.1. The Morgan fingerprint density at radius 3 is 2.50 bits per heavy atom. The number of ether oxygens (including phenoxy) is 1. The maximum Gasteiger partial charge on any atom is 0.521 e. The molecule has 4 atom stereocenters. The third-order valence-electron chi connectivity index (χ3n) is 4.66. The molecule has 142 valence electrons. The van der Waals surface area contributed by atoms with Crippen LogP contribution in [0.4, 0.5) is 9.18 Å². The minimum absolute atomic E-state index is 0.00177. The van der Waals surface area contributed by atoms with Crippen LogP contribution in [0.5, 0.6) is 5.75 Å². The molecule has 1 aliphatic heterocycles. The van der Waals surface area contributed by atoms with Crippen LogP contribution in [0, 0.1) is 11.7 Å². The van der Waals surface area contributed by atoms with E-state index in [1.807, 2.05) is 0 Å². The fourth-order valence-corrected chi connectivity index (χ4v) is 3.93. The average molecular weight is 384 g/mol. The van der Waals surface area contributed by atoms with E-state index >= 15 is 0 Å². The summed E-state index contributed by atoms with van der Waals surface area (Å²) in [4.78, 5) is 36.1. The number of rotatable bonds is 5. The third kappa shape index (κ3) is 4.24. The molecule has 1 aromatic carbocycles. The van der Waals surface area contributed by atoms with Crippen LogP contribution in [0.2, 0.25) is 0 Å². The number of amides is 2. The first-order valence-electron chi connectivity index (χ1n) is 8.38. The van der Waals surface area contributed by atoms with Gasteiger partial charge in [-0.2, -0.15) is 9.28 Å². The van der Waals surface area contributed by atoms with E-state index in [0.29, 0.717) is 12.2 Å². The third-order valence-corrected chi connectivity index (χ3v) is 5.73. The second-order valence-corrected chi connectivity index (χ2v) is 7.85. The van der Waals surface area contributed by atoms with Gasteiger partial charge in [-0.1, -0.05) is 11.8 Å². The van der Waals surface area contributed by atoms with Gasteiger partial charge in [-0.15, -0.1) is 0 Å². The summed E-state index contributed by atoms with van der Waals surface area (Å²) in [7, 11) is 0. The molecule has 1 aromatic rings. The lowest BCUT2D eigenvalue weighted by Crippen LogP contribution is -2.61. The van der Waals surface area contributed by atoms with E-state index in [9.17, 15) is 23.9 Å². The highest BCUT2D eigenvalue weighted by atomic mass is 32.2. The molecule has 0 saturated carbocycles. The number of carbonyl (C=O) groups is 3. The first-order valence-corrected chi connectivity index (χ1v) is 9.36. The quantitative estimate of drug-likeness (QED) is 0.785. The zero-order valence-electron chi connectivity index (χ0n) is 15.0. The maximum absolute atomic E-state index is 13.0. The zero-order valence-corrected chi connectivity index (χ0v) is 15.8. The van der Waals surface area contributed by atoms with Gasteiger partial charge < -0.3 is 9.84 Å². The van der Waals surface area contributed by atoms with Crippen molar-refractivity contribution in [1.82, 2.24) is 0 Å². The number of benzene rings is 1. The van der Waals surface area contributed by atoms with Gasteiger partial charge in [-0.05, 0) is 38.1 Å². The first-order chi connectivity index (χ1) is 12.2. The summed E-state index contributed by atoms with van der Waals surface area (Å²) >= 11 is 1.01. The normalized spacial score (nSPS) is 26.3. The number of carboxylic acid groups (broad SMARTS) is 1. The molecule has 0 aromatic heterocycles. The van der Waals surface area contributed by atoms with E-state index in [2.05, 4.69) is 0 Å². The van der Waals surface area contributed by atoms with Crippen LogP contribution in [0.3, 0.4) is 0 Å². The molecule has 8 heteroatoms. The number of hydrogen-bond acceptors (Lipinski definition) is 5. The Balaban J connectivity index is 2.16. The van der Waals surface area contributed by atoms with Crippen molar-refractivity contribution in [3.05, 3.63) is 30.1 Å². The number of likely N-dealkylation sites (tertiary alicyclic amines) is 1. The Labute approximate surface area is 155 Å². The standard InChI is InChI=1S/C18H22FNO5S/c1-11(10-26-13(3)21)17(22)20(18(23)24)9-16(8-12(20)2)25-15-6-4-14(19)5-7-15/h4-7,11-12,16H,8-10H2,1-3H3/p+1/t11?,12-,16-,20-/m1/s1. The van der Waals surface area contributed by atoms with Gasteiger partial charge in [0.25, 0.3) is 0 Å². The topological polar surface area (TPSA) is 80.7 Å². The van der Waals surface area contributed by atoms with E-state index in [0.717, 1.165) is 11.8 Å². The molecule has 0 bridgehead atoms. The molecule has 6 nitrogen and oxygen atoms in total. The molecular weight excluding hydrogens is 361 g/mol. The molecule has 0 aliphatic carbocycles. The van der Waals surface area contributed by atoms with Crippen molar-refractivity contribution in [2.24, 2.45) is 5.92 Å². The summed E-state index contributed by atoms with van der Waals surface area (Å²) in [6.07, 6.45) is -1.29. The van der Waals surface area contributed by atoms with E-state index in [4.69, 9.17) is 4.74 Å². The lowest BCUT2D eigenvalue weighted by molar-refractivity contribution is -0.795. The van der Waals surface area contributed by atoms with Crippen LogP contribution in [0.25, 0.3) is 0 Å². The second-order valence-electron chi connectivity index (χ2n) is 6.65. The summed E-state index contributed by atoms with van der Waals surface area (Å²) < 4.78 is 18.1. The fraction of sp³-hybridized carbons (Fsp3) is 0.500. The molecule has 2 amide bonds. The number of halogens is 1. The van der Waals surface area contributed by atoms with Crippen molar-refractivity contribution in [1.29, 1.82) is 0 Å². The van der Waals surface area contributed by atoms with Crippen LogP contribution >= 0.6 is 11.8 Å². The Morgan fingerprint density at radius 1 is 1.35 bits per heavy atom. The number of quaternary nitrogens is 1. The van der Waals surface area contributed by atoms with Gasteiger partial charge in [-0.25, -0.2) is 9.18 Å². The van der Waals surface area contributed by atoms with Crippen LogP contribution < -0.4 is 4.74 Å². The van der Waals surface area contributed by atoms with Gasteiger partial charge in [-0.3, -0.25) is 4.79 Å².